The summed E-state index contributed by atoms with van der Waals surface area (Å²) in [6.45, 7) is 0. The number of amides is 1. The fourth-order valence-corrected chi connectivity index (χ4v) is 2.12. The van der Waals surface area contributed by atoms with Crippen LogP contribution < -0.4 is 10.1 Å². The smallest absolute Gasteiger partial charge is 0.227 e. The molecule has 1 aromatic carbocycles. The summed E-state index contributed by atoms with van der Waals surface area (Å²) in [7, 11) is 1.59. The molecule has 0 saturated heterocycles. The van der Waals surface area contributed by atoms with Crippen LogP contribution in [0.2, 0.25) is 0 Å². The average molecular weight is 340 g/mol. The average Bonchev–Trinajstić information content (AvgIpc) is 3.11. The van der Waals surface area contributed by atoms with E-state index >= 15 is 0 Å². The molecular formula is C17H16N4O4. The Morgan fingerprint density at radius 2 is 2.08 bits per heavy atom. The summed E-state index contributed by atoms with van der Waals surface area (Å²) in [5, 5.41) is 16.0. The summed E-state index contributed by atoms with van der Waals surface area (Å²) in [6, 6.07) is 10.3. The number of methoxy groups -OCH3 is 1. The molecule has 0 radical (unpaired) electrons. The highest BCUT2D eigenvalue weighted by Crippen LogP contribution is 2.21. The number of nitrogens with zero attached hydrogens (tertiary/aromatic N) is 3. The SMILES string of the molecule is COc1ccc(-c2noc(CCC(=O)Nc3ncccc3O)n2)cc1. The van der Waals surface area contributed by atoms with E-state index in [1.807, 2.05) is 12.1 Å². The molecule has 0 fully saturated rings. The highest BCUT2D eigenvalue weighted by Gasteiger charge is 2.12. The van der Waals surface area contributed by atoms with E-state index in [-0.39, 0.29) is 30.3 Å². The lowest BCUT2D eigenvalue weighted by molar-refractivity contribution is -0.116. The van der Waals surface area contributed by atoms with Gasteiger partial charge in [0.25, 0.3) is 0 Å². The fourth-order valence-electron chi connectivity index (χ4n) is 2.12. The van der Waals surface area contributed by atoms with Crippen LogP contribution in [-0.4, -0.2) is 33.2 Å². The van der Waals surface area contributed by atoms with Gasteiger partial charge in [0.1, 0.15) is 5.75 Å². The van der Waals surface area contributed by atoms with E-state index in [4.69, 9.17) is 9.26 Å². The van der Waals surface area contributed by atoms with Crippen molar-refractivity contribution in [2.45, 2.75) is 12.8 Å². The second kappa shape index (κ2) is 7.43. The molecule has 0 atom stereocenters. The third kappa shape index (κ3) is 4.11. The van der Waals surface area contributed by atoms with Gasteiger partial charge in [0, 0.05) is 24.6 Å². The number of anilines is 1. The first-order valence-corrected chi connectivity index (χ1v) is 7.56. The predicted octanol–water partition coefficient (Wildman–Crippen LogP) is 2.42. The van der Waals surface area contributed by atoms with Gasteiger partial charge in [-0.3, -0.25) is 4.79 Å². The zero-order valence-corrected chi connectivity index (χ0v) is 13.5. The maximum Gasteiger partial charge on any atom is 0.227 e. The molecule has 0 spiro atoms. The van der Waals surface area contributed by atoms with Crippen molar-refractivity contribution in [3.05, 3.63) is 48.5 Å². The Bertz CT molecular complexity index is 861. The molecule has 8 heteroatoms. The van der Waals surface area contributed by atoms with E-state index in [1.165, 1.54) is 12.3 Å². The van der Waals surface area contributed by atoms with E-state index in [0.717, 1.165) is 11.3 Å². The van der Waals surface area contributed by atoms with E-state index in [9.17, 15) is 9.90 Å². The van der Waals surface area contributed by atoms with Crippen molar-refractivity contribution in [1.82, 2.24) is 15.1 Å². The number of carbonyl (C=O) groups excluding carboxylic acids is 1. The molecule has 3 aromatic rings. The number of hydrogen-bond acceptors (Lipinski definition) is 7. The molecule has 3 rings (SSSR count). The minimum absolute atomic E-state index is 0.0876. The molecule has 2 aromatic heterocycles. The van der Waals surface area contributed by atoms with Crippen molar-refractivity contribution >= 4 is 11.7 Å². The van der Waals surface area contributed by atoms with Gasteiger partial charge in [0.15, 0.2) is 11.6 Å². The van der Waals surface area contributed by atoms with Crippen molar-refractivity contribution < 1.29 is 19.2 Å². The second-order valence-corrected chi connectivity index (χ2v) is 5.16. The van der Waals surface area contributed by atoms with Gasteiger partial charge in [0.05, 0.1) is 7.11 Å². The summed E-state index contributed by atoms with van der Waals surface area (Å²) in [5.74, 6) is 1.26. The topological polar surface area (TPSA) is 110 Å². The molecule has 25 heavy (non-hydrogen) atoms. The molecule has 0 aliphatic heterocycles. The number of nitrogens with one attached hydrogen (secondary N) is 1. The largest absolute Gasteiger partial charge is 0.504 e. The van der Waals surface area contributed by atoms with Crippen molar-refractivity contribution in [3.63, 3.8) is 0 Å². The summed E-state index contributed by atoms with van der Waals surface area (Å²) in [5.41, 5.74) is 0.790. The van der Waals surface area contributed by atoms with Crippen LogP contribution in [0.3, 0.4) is 0 Å². The quantitative estimate of drug-likeness (QED) is 0.709. The first-order chi connectivity index (χ1) is 12.2. The molecular weight excluding hydrogens is 324 g/mol. The van der Waals surface area contributed by atoms with Crippen molar-refractivity contribution in [2.75, 3.05) is 12.4 Å². The van der Waals surface area contributed by atoms with Gasteiger partial charge in [-0.15, -0.1) is 0 Å². The summed E-state index contributed by atoms with van der Waals surface area (Å²) in [6.07, 6.45) is 1.89. The lowest BCUT2D eigenvalue weighted by Crippen LogP contribution is -2.13. The maximum absolute atomic E-state index is 11.9. The normalized spacial score (nSPS) is 10.4. The molecule has 2 N–H and O–H groups in total. The number of aromatic hydroxyl groups is 1. The van der Waals surface area contributed by atoms with Crippen LogP contribution in [0.15, 0.2) is 47.1 Å². The molecule has 0 aliphatic rings. The molecule has 1 amide bonds. The highest BCUT2D eigenvalue weighted by molar-refractivity contribution is 5.91. The highest BCUT2D eigenvalue weighted by atomic mass is 16.5. The second-order valence-electron chi connectivity index (χ2n) is 5.16. The number of benzene rings is 1. The third-order valence-corrected chi connectivity index (χ3v) is 3.43. The van der Waals surface area contributed by atoms with Gasteiger partial charge in [-0.1, -0.05) is 5.16 Å². The van der Waals surface area contributed by atoms with Crippen LogP contribution in [0.25, 0.3) is 11.4 Å². The van der Waals surface area contributed by atoms with Crippen molar-refractivity contribution in [3.8, 4) is 22.9 Å². The van der Waals surface area contributed by atoms with Gasteiger partial charge in [0.2, 0.25) is 17.6 Å². The Kier molecular flexibility index (Phi) is 4.89. The summed E-state index contributed by atoms with van der Waals surface area (Å²) in [4.78, 5) is 20.1. The minimum Gasteiger partial charge on any atom is -0.504 e. The molecule has 0 unspecified atom stereocenters. The molecule has 8 nitrogen and oxygen atoms in total. The zero-order valence-electron chi connectivity index (χ0n) is 13.5. The monoisotopic (exact) mass is 340 g/mol. The van der Waals surface area contributed by atoms with Crippen LogP contribution in [0.4, 0.5) is 5.82 Å². The summed E-state index contributed by atoms with van der Waals surface area (Å²) >= 11 is 0. The van der Waals surface area contributed by atoms with Gasteiger partial charge in [-0.2, -0.15) is 4.98 Å². The lowest BCUT2D eigenvalue weighted by Gasteiger charge is -2.04. The summed E-state index contributed by atoms with van der Waals surface area (Å²) < 4.78 is 10.3. The number of ether oxygens (including phenoxy) is 1. The molecule has 0 aliphatic carbocycles. The Labute approximate surface area is 143 Å². The number of pyridine rings is 1. The van der Waals surface area contributed by atoms with Crippen LogP contribution in [-0.2, 0) is 11.2 Å². The first-order valence-electron chi connectivity index (χ1n) is 7.56. The van der Waals surface area contributed by atoms with Crippen LogP contribution in [0.5, 0.6) is 11.5 Å². The van der Waals surface area contributed by atoms with E-state index in [2.05, 4.69) is 20.4 Å². The Morgan fingerprint density at radius 3 is 2.80 bits per heavy atom. The Hall–Kier alpha value is -3.42. The van der Waals surface area contributed by atoms with E-state index in [0.29, 0.717) is 11.7 Å². The Morgan fingerprint density at radius 1 is 1.28 bits per heavy atom. The van der Waals surface area contributed by atoms with E-state index < -0.39 is 0 Å². The van der Waals surface area contributed by atoms with Crippen LogP contribution in [0, 0.1) is 0 Å². The predicted molar refractivity (Wildman–Crippen MR) is 89.1 cm³/mol. The first kappa shape index (κ1) is 16.4. The lowest BCUT2D eigenvalue weighted by atomic mass is 10.2. The number of hydrogen-bond donors (Lipinski definition) is 2. The van der Waals surface area contributed by atoms with Gasteiger partial charge in [-0.05, 0) is 36.4 Å². The Balaban J connectivity index is 1.58. The fraction of sp³-hybridized carbons (Fsp3) is 0.176. The van der Waals surface area contributed by atoms with Gasteiger partial charge >= 0.3 is 0 Å². The number of aromatic nitrogens is 3. The maximum atomic E-state index is 11.9. The van der Waals surface area contributed by atoms with E-state index in [1.54, 1.807) is 25.3 Å². The van der Waals surface area contributed by atoms with Gasteiger partial charge < -0.3 is 19.7 Å². The molecule has 128 valence electrons. The molecule has 2 heterocycles. The number of carbonyl (C=O) groups is 1. The van der Waals surface area contributed by atoms with Crippen molar-refractivity contribution in [2.24, 2.45) is 0 Å². The van der Waals surface area contributed by atoms with Crippen LogP contribution >= 0.6 is 0 Å². The van der Waals surface area contributed by atoms with Crippen LogP contribution in [0.1, 0.15) is 12.3 Å². The van der Waals surface area contributed by atoms with Crippen molar-refractivity contribution in [1.29, 1.82) is 0 Å². The number of rotatable bonds is 6. The minimum atomic E-state index is -0.307. The zero-order chi connectivity index (χ0) is 17.6. The third-order valence-electron chi connectivity index (χ3n) is 3.43. The number of aryl methyl sites for hydroxylation is 1. The molecule has 0 bridgehead atoms. The molecule has 0 saturated carbocycles. The standard InChI is InChI=1S/C17H16N4O4/c1-24-12-6-4-11(5-7-12)16-20-15(25-21-16)9-8-14(23)19-17-13(22)3-2-10-18-17/h2-7,10,22H,8-9H2,1H3,(H,18,19,23). The van der Waals surface area contributed by atoms with Gasteiger partial charge in [-0.25, -0.2) is 4.98 Å².